The van der Waals surface area contributed by atoms with E-state index in [-0.39, 0.29) is 0 Å². The fraction of sp³-hybridized carbons (Fsp3) is 0. The van der Waals surface area contributed by atoms with Crippen LogP contribution < -0.4 is 0 Å². The third-order valence-electron chi connectivity index (χ3n) is 2.45. The van der Waals surface area contributed by atoms with Crippen LogP contribution in [0.3, 0.4) is 0 Å². The highest BCUT2D eigenvalue weighted by atomic mass is 31.0. The third kappa shape index (κ3) is 1.45. The van der Waals surface area contributed by atoms with Crippen LogP contribution >= 0.6 is 8.19 Å². The molecule has 1 aromatic heterocycles. The minimum atomic E-state index is 1.02. The number of rotatable bonds is 1. The van der Waals surface area contributed by atoms with E-state index in [0.717, 1.165) is 13.7 Å². The van der Waals surface area contributed by atoms with Crippen molar-refractivity contribution in [2.75, 3.05) is 0 Å². The van der Waals surface area contributed by atoms with Gasteiger partial charge in [0.1, 0.15) is 0 Å². The van der Waals surface area contributed by atoms with E-state index in [1.807, 2.05) is 5.80 Å². The average molecular weight is 212 g/mol. The Hall–Kier alpha value is -1.59. The van der Waals surface area contributed by atoms with Gasteiger partial charge in [-0.2, -0.15) is 0 Å². The average Bonchev–Trinajstić information content (AvgIpc) is 2.82. The number of fused-ring (bicyclic) bond motifs is 1. The Balaban J connectivity index is 2.36. The molecule has 3 rings (SSSR count). The SMILES string of the molecule is c1ccc2c(-c3occp3)cccc2c1. The Bertz CT molecular complexity index is 579. The minimum Gasteiger partial charge on any atom is -0.459 e. The Kier molecular flexibility index (Phi) is 2.04. The molecule has 2 aromatic carbocycles. The summed E-state index contributed by atoms with van der Waals surface area (Å²) < 4.78 is 5.47. The van der Waals surface area contributed by atoms with Crippen LogP contribution in [0.15, 0.2) is 58.9 Å². The highest BCUT2D eigenvalue weighted by molar-refractivity contribution is 7.32. The first-order valence-corrected chi connectivity index (χ1v) is 5.79. The predicted molar refractivity (Wildman–Crippen MR) is 64.2 cm³/mol. The zero-order chi connectivity index (χ0) is 10.1. The predicted octanol–water partition coefficient (Wildman–Crippen LogP) is 4.68. The van der Waals surface area contributed by atoms with E-state index in [1.54, 1.807) is 6.26 Å². The molecule has 0 saturated carbocycles. The normalized spacial score (nSPS) is 11.2. The Labute approximate surface area is 89.5 Å². The minimum absolute atomic E-state index is 1.02. The number of hydrogen-bond acceptors (Lipinski definition) is 1. The van der Waals surface area contributed by atoms with E-state index in [9.17, 15) is 0 Å². The molecule has 2 heteroatoms. The summed E-state index contributed by atoms with van der Waals surface area (Å²) in [4.78, 5) is 0. The first-order chi connectivity index (χ1) is 7.45. The quantitative estimate of drug-likeness (QED) is 0.570. The lowest BCUT2D eigenvalue weighted by atomic mass is 10.1. The van der Waals surface area contributed by atoms with Crippen LogP contribution in [0.2, 0.25) is 0 Å². The molecule has 0 aliphatic carbocycles. The van der Waals surface area contributed by atoms with Crippen LogP contribution in [-0.4, -0.2) is 0 Å². The lowest BCUT2D eigenvalue weighted by molar-refractivity contribution is 0.587. The second-order valence-electron chi connectivity index (χ2n) is 3.36. The molecule has 0 aliphatic heterocycles. The fourth-order valence-electron chi connectivity index (χ4n) is 1.77. The van der Waals surface area contributed by atoms with Crippen LogP contribution in [0.1, 0.15) is 0 Å². The monoisotopic (exact) mass is 212 g/mol. The molecule has 0 bridgehead atoms. The van der Waals surface area contributed by atoms with Crippen LogP contribution in [0, 0.1) is 0 Å². The summed E-state index contributed by atoms with van der Waals surface area (Å²) in [5.74, 6) is 2.01. The van der Waals surface area contributed by atoms with E-state index in [0.29, 0.717) is 0 Å². The molecular weight excluding hydrogens is 203 g/mol. The molecule has 0 aliphatic rings. The van der Waals surface area contributed by atoms with Gasteiger partial charge in [-0.25, -0.2) is 0 Å². The summed E-state index contributed by atoms with van der Waals surface area (Å²) in [6, 6.07) is 14.7. The maximum Gasteiger partial charge on any atom is 0.160 e. The first-order valence-electron chi connectivity index (χ1n) is 4.83. The van der Waals surface area contributed by atoms with Crippen molar-refractivity contribution >= 4 is 19.0 Å². The number of benzene rings is 2. The molecule has 1 nitrogen and oxygen atoms in total. The molecule has 3 aromatic rings. The summed E-state index contributed by atoms with van der Waals surface area (Å²) in [6.07, 6.45) is 1.75. The van der Waals surface area contributed by atoms with E-state index >= 15 is 0 Å². The summed E-state index contributed by atoms with van der Waals surface area (Å²) in [7, 11) is 1.14. The van der Waals surface area contributed by atoms with Crippen LogP contribution in [0.5, 0.6) is 0 Å². The summed E-state index contributed by atoms with van der Waals surface area (Å²) >= 11 is 0. The van der Waals surface area contributed by atoms with Gasteiger partial charge in [0, 0.05) is 11.4 Å². The zero-order valence-corrected chi connectivity index (χ0v) is 8.95. The molecule has 0 radical (unpaired) electrons. The van der Waals surface area contributed by atoms with E-state index in [1.165, 1.54) is 16.3 Å². The second-order valence-corrected chi connectivity index (χ2v) is 4.33. The molecule has 0 unspecified atom stereocenters. The molecule has 0 N–H and O–H groups in total. The van der Waals surface area contributed by atoms with Crippen molar-refractivity contribution in [3.05, 3.63) is 54.5 Å². The van der Waals surface area contributed by atoms with Gasteiger partial charge in [0.05, 0.1) is 6.26 Å². The van der Waals surface area contributed by atoms with Crippen molar-refractivity contribution in [3.8, 4) is 11.1 Å². The van der Waals surface area contributed by atoms with Crippen molar-refractivity contribution in [1.29, 1.82) is 0 Å². The molecular formula is C13H9OP. The van der Waals surface area contributed by atoms with E-state index in [2.05, 4.69) is 42.5 Å². The van der Waals surface area contributed by atoms with Crippen molar-refractivity contribution in [1.82, 2.24) is 0 Å². The summed E-state index contributed by atoms with van der Waals surface area (Å²) in [5.41, 5.74) is 2.21. The van der Waals surface area contributed by atoms with Crippen molar-refractivity contribution in [2.45, 2.75) is 0 Å². The molecule has 15 heavy (non-hydrogen) atoms. The molecule has 0 fully saturated rings. The van der Waals surface area contributed by atoms with Crippen LogP contribution in [-0.2, 0) is 0 Å². The van der Waals surface area contributed by atoms with Gasteiger partial charge in [-0.3, -0.25) is 0 Å². The zero-order valence-electron chi connectivity index (χ0n) is 8.05. The molecule has 0 saturated heterocycles. The second kappa shape index (κ2) is 3.52. The van der Waals surface area contributed by atoms with Gasteiger partial charge < -0.3 is 4.42 Å². The molecule has 0 spiro atoms. The van der Waals surface area contributed by atoms with E-state index < -0.39 is 0 Å². The van der Waals surface area contributed by atoms with Gasteiger partial charge in [0.15, 0.2) is 5.49 Å². The van der Waals surface area contributed by atoms with Gasteiger partial charge in [-0.15, -0.1) is 0 Å². The van der Waals surface area contributed by atoms with Gasteiger partial charge in [-0.05, 0) is 19.0 Å². The van der Waals surface area contributed by atoms with Crippen LogP contribution in [0.4, 0.5) is 0 Å². The Morgan fingerprint density at radius 2 is 1.80 bits per heavy atom. The topological polar surface area (TPSA) is 13.1 Å². The number of hydrogen-bond donors (Lipinski definition) is 0. The lowest BCUT2D eigenvalue weighted by Crippen LogP contribution is -1.76. The van der Waals surface area contributed by atoms with Gasteiger partial charge in [0.2, 0.25) is 0 Å². The van der Waals surface area contributed by atoms with Crippen molar-refractivity contribution < 1.29 is 4.42 Å². The summed E-state index contributed by atoms with van der Waals surface area (Å²) in [6.45, 7) is 0. The third-order valence-corrected chi connectivity index (χ3v) is 3.30. The Morgan fingerprint density at radius 3 is 2.67 bits per heavy atom. The largest absolute Gasteiger partial charge is 0.459 e. The standard InChI is InChI=1S/C13H9OP/c1-2-6-11-10(4-1)5-3-7-12(11)13-14-8-9-15-13/h1-9H. The lowest BCUT2D eigenvalue weighted by Gasteiger charge is -2.02. The summed E-state index contributed by atoms with van der Waals surface area (Å²) in [5, 5.41) is 2.51. The maximum absolute atomic E-state index is 5.47. The van der Waals surface area contributed by atoms with Crippen LogP contribution in [0.25, 0.3) is 21.8 Å². The fourth-order valence-corrected chi connectivity index (χ4v) is 2.48. The molecule has 1 heterocycles. The highest BCUT2D eigenvalue weighted by Gasteiger charge is 2.04. The first kappa shape index (κ1) is 8.70. The highest BCUT2D eigenvalue weighted by Crippen LogP contribution is 2.33. The van der Waals surface area contributed by atoms with Gasteiger partial charge >= 0.3 is 0 Å². The molecule has 72 valence electrons. The molecule has 0 atom stereocenters. The molecule has 0 amide bonds. The van der Waals surface area contributed by atoms with Crippen molar-refractivity contribution in [2.24, 2.45) is 0 Å². The van der Waals surface area contributed by atoms with Crippen molar-refractivity contribution in [3.63, 3.8) is 0 Å². The smallest absolute Gasteiger partial charge is 0.160 e. The Morgan fingerprint density at radius 1 is 0.933 bits per heavy atom. The van der Waals surface area contributed by atoms with Gasteiger partial charge in [-0.1, -0.05) is 42.5 Å². The maximum atomic E-state index is 5.47. The van der Waals surface area contributed by atoms with Gasteiger partial charge in [0.25, 0.3) is 0 Å². The van der Waals surface area contributed by atoms with E-state index in [4.69, 9.17) is 4.42 Å².